The molecule has 0 unspecified atom stereocenters. The van der Waals surface area contributed by atoms with E-state index in [2.05, 4.69) is 0 Å². The third-order valence-corrected chi connectivity index (χ3v) is 2.37. The molecule has 0 aliphatic carbocycles. The minimum atomic E-state index is 1.31. The highest BCUT2D eigenvalue weighted by molar-refractivity contribution is 6.36. The molecule has 0 nitrogen and oxygen atoms in total. The zero-order valence-corrected chi connectivity index (χ0v) is 4.33. The Morgan fingerprint density at radius 1 is 1.00 bits per heavy atom. The summed E-state index contributed by atoms with van der Waals surface area (Å²) in [6, 6.07) is 3.06. The van der Waals surface area contributed by atoms with Crippen molar-refractivity contribution in [2.24, 2.45) is 0 Å². The van der Waals surface area contributed by atoms with Gasteiger partial charge >= 0.3 is 0 Å². The quantitative estimate of drug-likeness (QED) is 0.388. The molecule has 0 aromatic heterocycles. The molecule has 0 aromatic carbocycles. The predicted molar refractivity (Wildman–Crippen MR) is 24.6 cm³/mol. The van der Waals surface area contributed by atoms with E-state index >= 15 is 0 Å². The van der Waals surface area contributed by atoms with Gasteiger partial charge in [-0.05, 0) is 0 Å². The summed E-state index contributed by atoms with van der Waals surface area (Å²) in [5.74, 6) is 0. The molecule has 28 valence electrons. The van der Waals surface area contributed by atoms with E-state index < -0.39 is 0 Å². The van der Waals surface area contributed by atoms with Crippen molar-refractivity contribution in [1.82, 2.24) is 0 Å². The van der Waals surface area contributed by atoms with Crippen LogP contribution < -0.4 is 0 Å². The molecule has 1 aliphatic rings. The van der Waals surface area contributed by atoms with E-state index in [1.165, 1.54) is 34.4 Å². The fourth-order valence-electron chi connectivity index (χ4n) is 0.625. The minimum Gasteiger partial charge on any atom is -0.0612 e. The van der Waals surface area contributed by atoms with Crippen LogP contribution in [0.2, 0.25) is 12.1 Å². The molecule has 5 heavy (non-hydrogen) atoms. The summed E-state index contributed by atoms with van der Waals surface area (Å²) >= 11 is 0. The lowest BCUT2D eigenvalue weighted by molar-refractivity contribution is 0.935. The van der Waals surface area contributed by atoms with Crippen LogP contribution in [0.3, 0.4) is 0 Å². The fraction of sp³-hybridized carbons (Fsp3) is 1.00. The van der Waals surface area contributed by atoms with Gasteiger partial charge in [0.25, 0.3) is 0 Å². The smallest absolute Gasteiger partial charge is 0.0377 e. The Morgan fingerprint density at radius 3 is 1.80 bits per heavy atom. The lowest BCUT2D eigenvalue weighted by Crippen LogP contribution is -1.68. The van der Waals surface area contributed by atoms with Crippen LogP contribution in [0.1, 0.15) is 12.8 Å². The number of hydrogen-bond donors (Lipinski definition) is 0. The molecule has 1 saturated heterocycles. The summed E-state index contributed by atoms with van der Waals surface area (Å²) in [7, 11) is 1.31. The molecule has 1 fully saturated rings. The lowest BCUT2D eigenvalue weighted by Gasteiger charge is -1.68. The molecule has 0 spiro atoms. The van der Waals surface area contributed by atoms with Gasteiger partial charge in [0.05, 0.1) is 0 Å². The van der Waals surface area contributed by atoms with Crippen LogP contribution in [0.25, 0.3) is 0 Å². The molecular formula is C4H8Si. The summed E-state index contributed by atoms with van der Waals surface area (Å²) < 4.78 is 0. The van der Waals surface area contributed by atoms with Crippen LogP contribution in [-0.4, -0.2) is 9.52 Å². The molecule has 0 bridgehead atoms. The van der Waals surface area contributed by atoms with Crippen LogP contribution in [-0.2, 0) is 0 Å². The van der Waals surface area contributed by atoms with Crippen molar-refractivity contribution in [2.75, 3.05) is 0 Å². The Labute approximate surface area is 35.4 Å². The Morgan fingerprint density at radius 2 is 1.60 bits per heavy atom. The Kier molecular flexibility index (Phi) is 1.09. The molecular weight excluding hydrogens is 76.1 g/mol. The van der Waals surface area contributed by atoms with Crippen molar-refractivity contribution in [2.45, 2.75) is 24.9 Å². The number of rotatable bonds is 0. The zero-order chi connectivity index (χ0) is 3.54. The molecule has 1 heteroatoms. The van der Waals surface area contributed by atoms with Crippen molar-refractivity contribution in [3.8, 4) is 0 Å². The van der Waals surface area contributed by atoms with Crippen LogP contribution >= 0.6 is 0 Å². The predicted octanol–water partition coefficient (Wildman–Crippen LogP) is 1.32. The van der Waals surface area contributed by atoms with Gasteiger partial charge in [-0.2, -0.15) is 0 Å². The van der Waals surface area contributed by atoms with Crippen molar-refractivity contribution in [1.29, 1.82) is 0 Å². The first-order chi connectivity index (χ1) is 2.50. The molecule has 0 amide bonds. The maximum atomic E-state index is 1.53. The second-order valence-corrected chi connectivity index (χ2v) is 2.96. The molecule has 1 heterocycles. The first-order valence-electron chi connectivity index (χ1n) is 2.21. The minimum absolute atomic E-state index is 1.31. The second-order valence-electron chi connectivity index (χ2n) is 1.46. The van der Waals surface area contributed by atoms with Gasteiger partial charge in [0.15, 0.2) is 0 Å². The number of hydrogen-bond acceptors (Lipinski definition) is 0. The van der Waals surface area contributed by atoms with E-state index in [0.29, 0.717) is 0 Å². The Bertz CT molecular complexity index is 15.2. The molecule has 2 radical (unpaired) electrons. The maximum absolute atomic E-state index is 1.53. The highest BCUT2D eigenvalue weighted by atomic mass is 28.2. The van der Waals surface area contributed by atoms with Crippen LogP contribution in [0, 0.1) is 0 Å². The zero-order valence-electron chi connectivity index (χ0n) is 3.33. The van der Waals surface area contributed by atoms with Crippen LogP contribution in [0.15, 0.2) is 0 Å². The molecule has 1 rings (SSSR count). The fourth-order valence-corrected chi connectivity index (χ4v) is 1.87. The standard InChI is InChI=1S/C4H8Si/c1-2-4-5-3-1/h1-4H2. The lowest BCUT2D eigenvalue weighted by atomic mass is 10.4. The normalized spacial score (nSPS) is 24.0. The van der Waals surface area contributed by atoms with E-state index in [1.54, 1.807) is 0 Å². The summed E-state index contributed by atoms with van der Waals surface area (Å²) in [4.78, 5) is 0. The largest absolute Gasteiger partial charge is 0.0612 e. The second kappa shape index (κ2) is 1.60. The topological polar surface area (TPSA) is 0 Å². The van der Waals surface area contributed by atoms with Gasteiger partial charge in [0.1, 0.15) is 0 Å². The Balaban J connectivity index is 2.08. The Hall–Kier alpha value is 0.217. The van der Waals surface area contributed by atoms with E-state index in [4.69, 9.17) is 0 Å². The third-order valence-electron chi connectivity index (χ3n) is 0.957. The average Bonchev–Trinajstić information content (AvgIpc) is 1.76. The van der Waals surface area contributed by atoms with Gasteiger partial charge in [-0.15, -0.1) is 0 Å². The highest BCUT2D eigenvalue weighted by Gasteiger charge is 1.96. The van der Waals surface area contributed by atoms with Gasteiger partial charge in [0.2, 0.25) is 0 Å². The van der Waals surface area contributed by atoms with E-state index in [1.807, 2.05) is 0 Å². The van der Waals surface area contributed by atoms with Gasteiger partial charge in [-0.1, -0.05) is 24.9 Å². The van der Waals surface area contributed by atoms with Crippen LogP contribution in [0.4, 0.5) is 0 Å². The molecule has 0 saturated carbocycles. The van der Waals surface area contributed by atoms with Crippen molar-refractivity contribution in [3.05, 3.63) is 0 Å². The molecule has 0 atom stereocenters. The van der Waals surface area contributed by atoms with E-state index in [9.17, 15) is 0 Å². The molecule has 1 aliphatic heterocycles. The van der Waals surface area contributed by atoms with Crippen molar-refractivity contribution < 1.29 is 0 Å². The molecule has 0 aromatic rings. The summed E-state index contributed by atoms with van der Waals surface area (Å²) in [6.45, 7) is 0. The maximum Gasteiger partial charge on any atom is 0.0377 e. The van der Waals surface area contributed by atoms with Crippen molar-refractivity contribution >= 4 is 9.52 Å². The summed E-state index contributed by atoms with van der Waals surface area (Å²) in [5, 5.41) is 0. The first kappa shape index (κ1) is 3.41. The van der Waals surface area contributed by atoms with E-state index in [-0.39, 0.29) is 0 Å². The SMILES string of the molecule is C1CC[Si]C1. The van der Waals surface area contributed by atoms with Gasteiger partial charge < -0.3 is 0 Å². The van der Waals surface area contributed by atoms with Gasteiger partial charge in [-0.3, -0.25) is 0 Å². The third kappa shape index (κ3) is 0.761. The first-order valence-corrected chi connectivity index (χ1v) is 3.62. The van der Waals surface area contributed by atoms with Gasteiger partial charge in [0, 0.05) is 9.52 Å². The molecule has 0 N–H and O–H groups in total. The highest BCUT2D eigenvalue weighted by Crippen LogP contribution is 2.09. The monoisotopic (exact) mass is 84.0 g/mol. The summed E-state index contributed by atoms with van der Waals surface area (Å²) in [6.07, 6.45) is 3.02. The van der Waals surface area contributed by atoms with Gasteiger partial charge in [-0.25, -0.2) is 0 Å². The van der Waals surface area contributed by atoms with Crippen molar-refractivity contribution in [3.63, 3.8) is 0 Å². The average molecular weight is 84.2 g/mol. The van der Waals surface area contributed by atoms with Crippen LogP contribution in [0.5, 0.6) is 0 Å². The van der Waals surface area contributed by atoms with E-state index in [0.717, 1.165) is 0 Å². The summed E-state index contributed by atoms with van der Waals surface area (Å²) in [5.41, 5.74) is 0.